The van der Waals surface area contributed by atoms with Gasteiger partial charge in [0, 0.05) is 5.38 Å². The van der Waals surface area contributed by atoms with Crippen LogP contribution in [0.4, 0.5) is 0 Å². The van der Waals surface area contributed by atoms with Gasteiger partial charge in [0.2, 0.25) is 0 Å². The van der Waals surface area contributed by atoms with Gasteiger partial charge in [-0.1, -0.05) is 12.2 Å². The fourth-order valence-electron chi connectivity index (χ4n) is 1.43. The Morgan fingerprint density at radius 1 is 1.33 bits per heavy atom. The Kier molecular flexibility index (Phi) is 3.60. The van der Waals surface area contributed by atoms with E-state index in [9.17, 15) is 4.79 Å². The van der Waals surface area contributed by atoms with E-state index in [-0.39, 0.29) is 11.3 Å². The van der Waals surface area contributed by atoms with Crippen molar-refractivity contribution in [3.8, 4) is 0 Å². The molecule has 1 N–H and O–H groups in total. The molecule has 12 heavy (non-hydrogen) atoms. The molecule has 1 aliphatic carbocycles. The highest BCUT2D eigenvalue weighted by molar-refractivity contribution is 6.21. The Balaban J connectivity index is 2.58. The van der Waals surface area contributed by atoms with Crippen molar-refractivity contribution in [2.75, 3.05) is 0 Å². The van der Waals surface area contributed by atoms with Gasteiger partial charge in [-0.15, -0.1) is 11.6 Å². The van der Waals surface area contributed by atoms with Crippen LogP contribution < -0.4 is 0 Å². The highest BCUT2D eigenvalue weighted by Crippen LogP contribution is 2.24. The molecule has 0 amide bonds. The van der Waals surface area contributed by atoms with Gasteiger partial charge in [0.1, 0.15) is 0 Å². The molecular formula is C9H13ClO2. The van der Waals surface area contributed by atoms with E-state index < -0.39 is 5.97 Å². The third kappa shape index (κ3) is 2.52. The summed E-state index contributed by atoms with van der Waals surface area (Å²) in [5, 5.41) is 8.62. The minimum absolute atomic E-state index is 0.201. The largest absolute Gasteiger partial charge is 0.481 e. The summed E-state index contributed by atoms with van der Waals surface area (Å²) in [6.07, 6.45) is 7.29. The highest BCUT2D eigenvalue weighted by Gasteiger charge is 2.25. The zero-order valence-electron chi connectivity index (χ0n) is 6.87. The zero-order chi connectivity index (χ0) is 8.97. The Morgan fingerprint density at radius 2 is 1.92 bits per heavy atom. The number of rotatable bonds is 1. The second-order valence-electron chi connectivity index (χ2n) is 3.09. The van der Waals surface area contributed by atoms with Crippen molar-refractivity contribution in [2.24, 2.45) is 5.92 Å². The van der Waals surface area contributed by atoms with Gasteiger partial charge in [-0.25, -0.2) is 0 Å². The van der Waals surface area contributed by atoms with E-state index in [1.54, 1.807) is 0 Å². The van der Waals surface area contributed by atoms with Crippen LogP contribution in [0.5, 0.6) is 0 Å². The molecule has 0 aliphatic heterocycles. The fraction of sp³-hybridized carbons (Fsp3) is 0.667. The number of hydrogen-bond donors (Lipinski definition) is 1. The second-order valence-corrected chi connectivity index (χ2v) is 3.65. The standard InChI is InChI=1S/C9H13ClO2/c10-8-6-4-2-1-3-5-7(8)9(11)12/h1-2,7-8H,3-6H2,(H,11,12)/b2-1-. The van der Waals surface area contributed by atoms with Crippen molar-refractivity contribution in [3.05, 3.63) is 12.2 Å². The van der Waals surface area contributed by atoms with Crippen molar-refractivity contribution < 1.29 is 9.90 Å². The Bertz CT molecular complexity index is 189. The molecule has 0 aromatic carbocycles. The molecular weight excluding hydrogens is 176 g/mol. The van der Waals surface area contributed by atoms with E-state index >= 15 is 0 Å². The molecule has 0 fully saturated rings. The maximum absolute atomic E-state index is 10.7. The molecule has 2 nitrogen and oxygen atoms in total. The molecule has 68 valence electrons. The number of halogens is 1. The average Bonchev–Trinajstić information content (AvgIpc) is 1.96. The molecule has 1 rings (SSSR count). The normalized spacial score (nSPS) is 33.4. The highest BCUT2D eigenvalue weighted by atomic mass is 35.5. The summed E-state index contributed by atoms with van der Waals surface area (Å²) < 4.78 is 0. The lowest BCUT2D eigenvalue weighted by atomic mass is 9.94. The van der Waals surface area contributed by atoms with Crippen LogP contribution in [0.15, 0.2) is 12.2 Å². The molecule has 0 radical (unpaired) electrons. The zero-order valence-corrected chi connectivity index (χ0v) is 7.63. The fourth-order valence-corrected chi connectivity index (χ4v) is 1.79. The topological polar surface area (TPSA) is 37.3 Å². The van der Waals surface area contributed by atoms with Crippen LogP contribution in [0.1, 0.15) is 25.7 Å². The lowest BCUT2D eigenvalue weighted by Gasteiger charge is -2.18. The Labute approximate surface area is 77.2 Å². The first kappa shape index (κ1) is 9.59. The minimum Gasteiger partial charge on any atom is -0.481 e. The maximum Gasteiger partial charge on any atom is 0.308 e. The molecule has 0 heterocycles. The van der Waals surface area contributed by atoms with Crippen LogP contribution in [-0.4, -0.2) is 16.5 Å². The lowest BCUT2D eigenvalue weighted by molar-refractivity contribution is -0.142. The van der Waals surface area contributed by atoms with Crippen LogP contribution >= 0.6 is 11.6 Å². The number of carboxylic acids is 1. The van der Waals surface area contributed by atoms with Gasteiger partial charge in [-0.2, -0.15) is 0 Å². The number of hydrogen-bond acceptors (Lipinski definition) is 1. The summed E-state index contributed by atoms with van der Waals surface area (Å²) in [5.74, 6) is -1.12. The first-order valence-corrected chi connectivity index (χ1v) is 4.67. The molecule has 1 aliphatic rings. The van der Waals surface area contributed by atoms with E-state index in [4.69, 9.17) is 16.7 Å². The summed E-state index contributed by atoms with van der Waals surface area (Å²) in [6, 6.07) is 0. The molecule has 0 spiro atoms. The summed E-state index contributed by atoms with van der Waals surface area (Å²) in [5.41, 5.74) is 0. The van der Waals surface area contributed by atoms with E-state index in [2.05, 4.69) is 6.08 Å². The molecule has 0 aromatic heterocycles. The third-order valence-corrected chi connectivity index (χ3v) is 2.70. The predicted molar refractivity (Wildman–Crippen MR) is 48.4 cm³/mol. The van der Waals surface area contributed by atoms with Crippen molar-refractivity contribution >= 4 is 17.6 Å². The number of carboxylic acid groups (broad SMARTS) is 1. The SMILES string of the molecule is O=C(O)C1CC/C=C\CCC1Cl. The molecule has 0 bridgehead atoms. The van der Waals surface area contributed by atoms with Crippen molar-refractivity contribution in [1.82, 2.24) is 0 Å². The maximum atomic E-state index is 10.7. The van der Waals surface area contributed by atoms with Crippen molar-refractivity contribution in [3.63, 3.8) is 0 Å². The van der Waals surface area contributed by atoms with Gasteiger partial charge < -0.3 is 5.11 Å². The van der Waals surface area contributed by atoms with Crippen molar-refractivity contribution in [1.29, 1.82) is 0 Å². The molecule has 2 atom stereocenters. The average molecular weight is 189 g/mol. The quantitative estimate of drug-likeness (QED) is 0.507. The molecule has 0 aromatic rings. The number of aliphatic carboxylic acids is 1. The van der Waals surface area contributed by atoms with Crippen LogP contribution in [0, 0.1) is 5.92 Å². The van der Waals surface area contributed by atoms with E-state index in [1.165, 1.54) is 0 Å². The molecule has 0 saturated heterocycles. The third-order valence-electron chi connectivity index (χ3n) is 2.17. The molecule has 2 unspecified atom stereocenters. The monoisotopic (exact) mass is 188 g/mol. The molecule has 3 heteroatoms. The van der Waals surface area contributed by atoms with E-state index in [0.29, 0.717) is 6.42 Å². The second kappa shape index (κ2) is 4.51. The van der Waals surface area contributed by atoms with Crippen molar-refractivity contribution in [2.45, 2.75) is 31.1 Å². The minimum atomic E-state index is -0.759. The number of carbonyl (C=O) groups is 1. The Hall–Kier alpha value is -0.500. The van der Waals surface area contributed by atoms with Gasteiger partial charge in [-0.3, -0.25) is 4.79 Å². The Morgan fingerprint density at radius 3 is 2.50 bits per heavy atom. The summed E-state index contributed by atoms with van der Waals surface area (Å²) in [7, 11) is 0. The summed E-state index contributed by atoms with van der Waals surface area (Å²) >= 11 is 5.94. The van der Waals surface area contributed by atoms with E-state index in [0.717, 1.165) is 19.3 Å². The van der Waals surface area contributed by atoms with Gasteiger partial charge >= 0.3 is 5.97 Å². The van der Waals surface area contributed by atoms with Crippen LogP contribution in [-0.2, 0) is 4.79 Å². The van der Waals surface area contributed by atoms with Gasteiger partial charge in [0.15, 0.2) is 0 Å². The van der Waals surface area contributed by atoms with Gasteiger partial charge in [0.05, 0.1) is 5.92 Å². The van der Waals surface area contributed by atoms with E-state index in [1.807, 2.05) is 6.08 Å². The van der Waals surface area contributed by atoms with Crippen LogP contribution in [0.25, 0.3) is 0 Å². The van der Waals surface area contributed by atoms with Gasteiger partial charge in [0.25, 0.3) is 0 Å². The molecule has 0 saturated carbocycles. The summed E-state index contributed by atoms with van der Waals surface area (Å²) in [6.45, 7) is 0. The summed E-state index contributed by atoms with van der Waals surface area (Å²) in [4.78, 5) is 10.7. The first-order chi connectivity index (χ1) is 5.72. The van der Waals surface area contributed by atoms with Crippen LogP contribution in [0.2, 0.25) is 0 Å². The first-order valence-electron chi connectivity index (χ1n) is 4.23. The predicted octanol–water partition coefficient (Wildman–Crippen LogP) is 2.42. The number of allylic oxidation sites excluding steroid dienone is 2. The lowest BCUT2D eigenvalue weighted by Crippen LogP contribution is -2.24. The van der Waals surface area contributed by atoms with Gasteiger partial charge in [-0.05, 0) is 25.7 Å². The van der Waals surface area contributed by atoms with Crippen LogP contribution in [0.3, 0.4) is 0 Å². The number of alkyl halides is 1. The smallest absolute Gasteiger partial charge is 0.308 e.